The van der Waals surface area contributed by atoms with Crippen LogP contribution in [0.1, 0.15) is 41.9 Å². The topological polar surface area (TPSA) is 84.6 Å². The molecule has 2 unspecified atom stereocenters. The zero-order valence-electron chi connectivity index (χ0n) is 24.2. The number of hydrogen-bond donors (Lipinski definition) is 1. The van der Waals surface area contributed by atoms with Crippen molar-refractivity contribution in [3.05, 3.63) is 89.7 Å². The number of urea groups is 1. The summed E-state index contributed by atoms with van der Waals surface area (Å²) in [4.78, 5) is 24.1. The molecular formula is C32H31F3N6O2S. The van der Waals surface area contributed by atoms with Gasteiger partial charge in [0.05, 0.1) is 5.69 Å². The van der Waals surface area contributed by atoms with Crippen LogP contribution < -0.4 is 15.0 Å². The van der Waals surface area contributed by atoms with Crippen LogP contribution in [0.3, 0.4) is 0 Å². The number of nitrogens with zero attached hydrogens (tertiary/aromatic N) is 5. The molecule has 2 amide bonds. The lowest BCUT2D eigenvalue weighted by Crippen LogP contribution is -2.36. The van der Waals surface area contributed by atoms with Gasteiger partial charge in [-0.2, -0.15) is 4.99 Å². The Morgan fingerprint density at radius 3 is 2.45 bits per heavy atom. The minimum absolute atomic E-state index is 0.0145. The third-order valence-electron chi connectivity index (χ3n) is 7.93. The van der Waals surface area contributed by atoms with E-state index in [1.807, 2.05) is 30.3 Å². The van der Waals surface area contributed by atoms with Gasteiger partial charge < -0.3 is 15.0 Å². The minimum Gasteiger partial charge on any atom is -0.406 e. The Morgan fingerprint density at radius 2 is 1.75 bits per heavy atom. The first-order valence-electron chi connectivity index (χ1n) is 14.4. The number of aryl methyl sites for hydroxylation is 2. The zero-order chi connectivity index (χ0) is 30.8. The molecule has 3 aromatic carbocycles. The number of carbonyl (C=O) groups is 1. The lowest BCUT2D eigenvalue weighted by atomic mass is 9.93. The summed E-state index contributed by atoms with van der Waals surface area (Å²) < 4.78 is 42.8. The van der Waals surface area contributed by atoms with E-state index < -0.39 is 6.36 Å². The Hall–Kier alpha value is -4.32. The Labute approximate surface area is 257 Å². The first-order valence-corrected chi connectivity index (χ1v) is 15.4. The van der Waals surface area contributed by atoms with Crippen molar-refractivity contribution in [1.82, 2.24) is 20.1 Å². The molecule has 1 aliphatic carbocycles. The molecule has 4 aromatic rings. The van der Waals surface area contributed by atoms with E-state index in [9.17, 15) is 18.0 Å². The number of para-hydroxylation sites is 1. The van der Waals surface area contributed by atoms with E-state index in [4.69, 9.17) is 0 Å². The van der Waals surface area contributed by atoms with Crippen molar-refractivity contribution in [3.8, 4) is 22.8 Å². The number of amides is 2. The normalized spacial score (nSPS) is 19.5. The molecule has 0 bridgehead atoms. The summed E-state index contributed by atoms with van der Waals surface area (Å²) in [6.07, 6.45) is -0.377. The number of halogens is 3. The van der Waals surface area contributed by atoms with E-state index in [-0.39, 0.29) is 23.7 Å². The zero-order valence-corrected chi connectivity index (χ0v) is 25.0. The van der Waals surface area contributed by atoms with Crippen molar-refractivity contribution in [3.63, 3.8) is 0 Å². The number of alkyl halides is 3. The number of rotatable bonds is 6. The second-order valence-corrected chi connectivity index (χ2v) is 12.0. The largest absolute Gasteiger partial charge is 0.573 e. The number of benzene rings is 3. The molecule has 6 rings (SSSR count). The standard InChI is InChI=1S/C32H31F3N6O2S/c1-20-5-3-6-21(2)28(20)40-17-18-44-31(40)38-30(42)37-27-8-4-7-26(27)22-9-11-23(12-10-22)29-36-19-41(39-29)24-13-15-25(16-14-24)43-32(33,34)35/h3,5-6,9-16,19,26-27H,4,7-8,17-18H2,1-2H3,(H,37,42). The first kappa shape index (κ1) is 29.7. The summed E-state index contributed by atoms with van der Waals surface area (Å²) in [6.45, 7) is 4.98. The summed E-state index contributed by atoms with van der Waals surface area (Å²) in [5, 5.41) is 8.40. The fraction of sp³-hybridized carbons (Fsp3) is 0.312. The van der Waals surface area contributed by atoms with Gasteiger partial charge >= 0.3 is 12.4 Å². The van der Waals surface area contributed by atoms with Gasteiger partial charge in [0.15, 0.2) is 11.0 Å². The molecule has 12 heteroatoms. The van der Waals surface area contributed by atoms with Gasteiger partial charge in [-0.15, -0.1) is 18.3 Å². The highest BCUT2D eigenvalue weighted by atomic mass is 32.2. The number of hydrogen-bond acceptors (Lipinski definition) is 5. The number of anilines is 1. The Bertz CT molecular complexity index is 1650. The van der Waals surface area contributed by atoms with E-state index in [0.717, 1.165) is 64.7 Å². The Morgan fingerprint density at radius 1 is 1.02 bits per heavy atom. The van der Waals surface area contributed by atoms with Crippen LogP contribution in [0.15, 0.2) is 78.0 Å². The van der Waals surface area contributed by atoms with Crippen LogP contribution in [0.4, 0.5) is 23.7 Å². The molecule has 0 radical (unpaired) electrons. The van der Waals surface area contributed by atoms with Gasteiger partial charge in [-0.05, 0) is 67.6 Å². The number of ether oxygens (including phenoxy) is 1. The van der Waals surface area contributed by atoms with Gasteiger partial charge in [0.2, 0.25) is 0 Å². The highest BCUT2D eigenvalue weighted by molar-refractivity contribution is 8.14. The molecule has 8 nitrogen and oxygen atoms in total. The maximum absolute atomic E-state index is 13.1. The van der Waals surface area contributed by atoms with Gasteiger partial charge in [-0.3, -0.25) is 0 Å². The summed E-state index contributed by atoms with van der Waals surface area (Å²) in [7, 11) is 0. The number of nitrogens with one attached hydrogen (secondary N) is 1. The van der Waals surface area contributed by atoms with Gasteiger partial charge in [0.1, 0.15) is 12.1 Å². The second kappa shape index (κ2) is 12.4. The van der Waals surface area contributed by atoms with E-state index >= 15 is 0 Å². The molecule has 2 heterocycles. The van der Waals surface area contributed by atoms with Crippen LogP contribution in [-0.4, -0.2) is 50.7 Å². The van der Waals surface area contributed by atoms with Crippen LogP contribution in [0.2, 0.25) is 0 Å². The van der Waals surface area contributed by atoms with Crippen LogP contribution in [-0.2, 0) is 0 Å². The molecule has 1 aliphatic heterocycles. The predicted octanol–water partition coefficient (Wildman–Crippen LogP) is 7.40. The summed E-state index contributed by atoms with van der Waals surface area (Å²) in [5.41, 5.74) is 5.92. The molecule has 2 aliphatic rings. The minimum atomic E-state index is -4.75. The van der Waals surface area contributed by atoms with Crippen molar-refractivity contribution < 1.29 is 22.7 Å². The quantitative estimate of drug-likeness (QED) is 0.242. The number of aromatic nitrogens is 3. The fourth-order valence-electron chi connectivity index (χ4n) is 5.94. The van der Waals surface area contributed by atoms with Crippen molar-refractivity contribution in [2.24, 2.45) is 4.99 Å². The Kier molecular flexibility index (Phi) is 8.35. The molecule has 1 saturated carbocycles. The molecule has 2 atom stereocenters. The van der Waals surface area contributed by atoms with Gasteiger partial charge in [-0.1, -0.05) is 60.6 Å². The average molecular weight is 621 g/mol. The molecule has 44 heavy (non-hydrogen) atoms. The highest BCUT2D eigenvalue weighted by Crippen LogP contribution is 2.36. The molecule has 1 saturated heterocycles. The van der Waals surface area contributed by atoms with E-state index in [0.29, 0.717) is 11.5 Å². The smallest absolute Gasteiger partial charge is 0.406 e. The third kappa shape index (κ3) is 6.59. The molecule has 2 fully saturated rings. The highest BCUT2D eigenvalue weighted by Gasteiger charge is 2.32. The van der Waals surface area contributed by atoms with Crippen molar-refractivity contribution in [2.45, 2.75) is 51.4 Å². The van der Waals surface area contributed by atoms with Crippen molar-refractivity contribution >= 4 is 28.6 Å². The molecule has 1 aromatic heterocycles. The number of amidine groups is 1. The lowest BCUT2D eigenvalue weighted by Gasteiger charge is -2.23. The molecule has 1 N–H and O–H groups in total. The Balaban J connectivity index is 1.11. The maximum Gasteiger partial charge on any atom is 0.573 e. The van der Waals surface area contributed by atoms with Gasteiger partial charge in [-0.25, -0.2) is 14.5 Å². The van der Waals surface area contributed by atoms with Crippen LogP contribution >= 0.6 is 11.8 Å². The monoisotopic (exact) mass is 620 g/mol. The van der Waals surface area contributed by atoms with Crippen molar-refractivity contribution in [1.29, 1.82) is 0 Å². The molecule has 228 valence electrons. The summed E-state index contributed by atoms with van der Waals surface area (Å²) in [5.74, 6) is 1.24. The average Bonchev–Trinajstić information content (AvgIpc) is 3.75. The number of aliphatic imine (C=N–C) groups is 1. The first-order chi connectivity index (χ1) is 21.1. The van der Waals surface area contributed by atoms with Crippen LogP contribution in [0.25, 0.3) is 17.1 Å². The fourth-order valence-corrected chi connectivity index (χ4v) is 6.88. The summed E-state index contributed by atoms with van der Waals surface area (Å²) in [6, 6.07) is 19.3. The maximum atomic E-state index is 13.1. The van der Waals surface area contributed by atoms with E-state index in [2.05, 4.69) is 56.0 Å². The van der Waals surface area contributed by atoms with Crippen molar-refractivity contribution in [2.75, 3.05) is 17.2 Å². The van der Waals surface area contributed by atoms with Crippen LogP contribution in [0, 0.1) is 13.8 Å². The molecular weight excluding hydrogens is 589 g/mol. The van der Waals surface area contributed by atoms with Crippen LogP contribution in [0.5, 0.6) is 5.75 Å². The predicted molar refractivity (Wildman–Crippen MR) is 166 cm³/mol. The number of carbonyl (C=O) groups excluding carboxylic acids is 1. The lowest BCUT2D eigenvalue weighted by molar-refractivity contribution is -0.274. The molecule has 0 spiro atoms. The third-order valence-corrected chi connectivity index (χ3v) is 8.89. The SMILES string of the molecule is Cc1cccc(C)c1N1CCSC1=NC(=O)NC1CCCC1c1ccc(-c2ncn(-c3ccc(OC(F)(F)F)cc3)n2)cc1. The van der Waals surface area contributed by atoms with E-state index in [1.54, 1.807) is 11.8 Å². The van der Waals surface area contributed by atoms with Gasteiger partial charge in [0.25, 0.3) is 0 Å². The second-order valence-electron chi connectivity index (χ2n) is 10.9. The summed E-state index contributed by atoms with van der Waals surface area (Å²) >= 11 is 1.60. The van der Waals surface area contributed by atoms with Gasteiger partial charge in [0, 0.05) is 35.5 Å². The van der Waals surface area contributed by atoms with E-state index in [1.165, 1.54) is 35.3 Å². The number of thioether (sulfide) groups is 1.